The molecule has 0 spiro atoms. The zero-order valence-electron chi connectivity index (χ0n) is 7.74. The number of hydrogen-bond donors (Lipinski definition) is 0. The fourth-order valence-corrected chi connectivity index (χ4v) is 1.50. The number of hydrogen-bond acceptors (Lipinski definition) is 0. The van der Waals surface area contributed by atoms with Gasteiger partial charge in [0.2, 0.25) is 0 Å². The van der Waals surface area contributed by atoms with E-state index in [0.29, 0.717) is 0 Å². The quantitative estimate of drug-likeness (QED) is 0.447. The predicted molar refractivity (Wildman–Crippen MR) is 58.0 cm³/mol. The van der Waals surface area contributed by atoms with Gasteiger partial charge in [0.05, 0.1) is 0 Å². The molecular weight excluding hydrogens is 184 g/mol. The van der Waals surface area contributed by atoms with E-state index in [2.05, 4.69) is 48.6 Å². The summed E-state index contributed by atoms with van der Waals surface area (Å²) < 4.78 is 0. The van der Waals surface area contributed by atoms with Crippen molar-refractivity contribution < 1.29 is 0 Å². The predicted octanol–water partition coefficient (Wildman–Crippen LogP) is 2.79. The van der Waals surface area contributed by atoms with Crippen molar-refractivity contribution >= 4 is 37.7 Å². The molecule has 2 rings (SSSR count). The summed E-state index contributed by atoms with van der Waals surface area (Å²) in [7, 11) is 0. The molecule has 0 aromatic carbocycles. The van der Waals surface area contributed by atoms with Crippen molar-refractivity contribution in [2.24, 2.45) is 0 Å². The van der Waals surface area contributed by atoms with Gasteiger partial charge in [-0.2, -0.15) is 0 Å². The minimum Gasteiger partial charge on any atom is -0.271 e. The summed E-state index contributed by atoms with van der Waals surface area (Å²) in [6.07, 6.45) is 19.4. The van der Waals surface area contributed by atoms with Crippen molar-refractivity contribution in [3.63, 3.8) is 0 Å². The molecule has 0 saturated heterocycles. The molecule has 0 bridgehead atoms. The molecule has 0 unspecified atom stereocenters. The van der Waals surface area contributed by atoms with Gasteiger partial charge >= 0.3 is 37.7 Å². The monoisotopic (exact) mass is 196 g/mol. The Bertz CT molecular complexity index is 230. The summed E-state index contributed by atoms with van der Waals surface area (Å²) in [6, 6.07) is 0. The van der Waals surface area contributed by atoms with Crippen LogP contribution in [0.25, 0.3) is 0 Å². The van der Waals surface area contributed by atoms with Gasteiger partial charge in [0.15, 0.2) is 0 Å². The maximum absolute atomic E-state index is 2.21. The second-order valence-electron chi connectivity index (χ2n) is 3.03. The molecule has 0 saturated carbocycles. The Labute approximate surface area is 110 Å². The summed E-state index contributed by atoms with van der Waals surface area (Å²) in [5.74, 6) is 2.91. The van der Waals surface area contributed by atoms with E-state index in [1.54, 1.807) is 0 Å². The topological polar surface area (TPSA) is 0 Å². The SMILES string of the molecule is C1=CC[C-]([C-]2C=CC=CC2)C=C1.[Ca+2]. The number of allylic oxidation sites excluding steroid dienone is 8. The molecule has 0 aliphatic heterocycles. The van der Waals surface area contributed by atoms with Crippen molar-refractivity contribution in [2.45, 2.75) is 12.8 Å². The van der Waals surface area contributed by atoms with Crippen LogP contribution in [0.3, 0.4) is 0 Å². The molecule has 13 heavy (non-hydrogen) atoms. The first-order valence-corrected chi connectivity index (χ1v) is 4.35. The van der Waals surface area contributed by atoms with Crippen LogP contribution in [0.15, 0.2) is 48.6 Å². The van der Waals surface area contributed by atoms with Crippen LogP contribution in [0.5, 0.6) is 0 Å². The van der Waals surface area contributed by atoms with Crippen LogP contribution in [-0.2, 0) is 0 Å². The van der Waals surface area contributed by atoms with Crippen LogP contribution in [0.4, 0.5) is 0 Å². The van der Waals surface area contributed by atoms with Gasteiger partial charge in [-0.3, -0.25) is 11.8 Å². The first-order chi connectivity index (χ1) is 5.97. The largest absolute Gasteiger partial charge is 2.00 e. The summed E-state index contributed by atoms with van der Waals surface area (Å²) in [5.41, 5.74) is 0. The molecule has 0 nitrogen and oxygen atoms in total. The average Bonchev–Trinajstić information content (AvgIpc) is 2.21. The second-order valence-corrected chi connectivity index (χ2v) is 3.03. The van der Waals surface area contributed by atoms with E-state index in [9.17, 15) is 0 Å². The third-order valence-electron chi connectivity index (χ3n) is 2.18. The first kappa shape index (κ1) is 11.0. The molecule has 0 N–H and O–H groups in total. The normalized spacial score (nSPS) is 19.1. The third-order valence-corrected chi connectivity index (χ3v) is 2.18. The van der Waals surface area contributed by atoms with Gasteiger partial charge in [0.25, 0.3) is 0 Å². The van der Waals surface area contributed by atoms with Crippen LogP contribution in [0.2, 0.25) is 0 Å². The molecule has 1 heteroatoms. The maximum Gasteiger partial charge on any atom is 2.00 e. The molecule has 0 atom stereocenters. The van der Waals surface area contributed by atoms with E-state index in [1.807, 2.05) is 0 Å². The fourth-order valence-electron chi connectivity index (χ4n) is 1.50. The van der Waals surface area contributed by atoms with Gasteiger partial charge in [-0.25, -0.2) is 24.3 Å². The Kier molecular flexibility index (Phi) is 4.79. The molecule has 0 aromatic rings. The molecule has 2 aliphatic rings. The Hall–Kier alpha value is -0.0403. The van der Waals surface area contributed by atoms with Crippen molar-refractivity contribution in [3.05, 3.63) is 60.4 Å². The van der Waals surface area contributed by atoms with Crippen molar-refractivity contribution in [1.29, 1.82) is 0 Å². The third kappa shape index (κ3) is 2.98. The van der Waals surface area contributed by atoms with Crippen LogP contribution in [0.1, 0.15) is 12.8 Å². The standard InChI is InChI=1S/C12H12.Ca/c1-3-7-11(8-4-1)12-9-5-2-6-10-12;/h1-7,9H,8,10H2;/q-2;+2. The maximum atomic E-state index is 2.21. The summed E-state index contributed by atoms with van der Waals surface area (Å²) >= 11 is 0. The summed E-state index contributed by atoms with van der Waals surface area (Å²) in [5, 5.41) is 0. The van der Waals surface area contributed by atoms with Crippen LogP contribution in [-0.4, -0.2) is 37.7 Å². The molecule has 0 amide bonds. The van der Waals surface area contributed by atoms with Crippen molar-refractivity contribution in [3.8, 4) is 0 Å². The molecule has 0 fully saturated rings. The fraction of sp³-hybridized carbons (Fsp3) is 0.167. The summed E-state index contributed by atoms with van der Waals surface area (Å²) in [6.45, 7) is 0. The van der Waals surface area contributed by atoms with E-state index < -0.39 is 0 Å². The molecule has 2 aliphatic carbocycles. The Morgan fingerprint density at radius 2 is 1.15 bits per heavy atom. The van der Waals surface area contributed by atoms with E-state index in [1.165, 1.54) is 11.8 Å². The van der Waals surface area contributed by atoms with E-state index >= 15 is 0 Å². The van der Waals surface area contributed by atoms with Crippen LogP contribution in [0, 0.1) is 11.8 Å². The van der Waals surface area contributed by atoms with E-state index in [-0.39, 0.29) is 37.7 Å². The Balaban J connectivity index is 0.000000845. The number of rotatable bonds is 1. The van der Waals surface area contributed by atoms with Crippen LogP contribution >= 0.6 is 0 Å². The zero-order valence-corrected chi connectivity index (χ0v) is 9.95. The molecule has 0 radical (unpaired) electrons. The molecule has 0 heterocycles. The Morgan fingerprint density at radius 1 is 0.692 bits per heavy atom. The van der Waals surface area contributed by atoms with Gasteiger partial charge < -0.3 is 0 Å². The van der Waals surface area contributed by atoms with Gasteiger partial charge in [0.1, 0.15) is 0 Å². The average molecular weight is 196 g/mol. The smallest absolute Gasteiger partial charge is 0.271 e. The van der Waals surface area contributed by atoms with Crippen LogP contribution < -0.4 is 0 Å². The van der Waals surface area contributed by atoms with Gasteiger partial charge in [0, 0.05) is 0 Å². The van der Waals surface area contributed by atoms with Crippen molar-refractivity contribution in [1.82, 2.24) is 0 Å². The molecule has 62 valence electrons. The second kappa shape index (κ2) is 5.64. The van der Waals surface area contributed by atoms with E-state index in [0.717, 1.165) is 12.8 Å². The van der Waals surface area contributed by atoms with Crippen molar-refractivity contribution in [2.75, 3.05) is 0 Å². The minimum atomic E-state index is 0. The van der Waals surface area contributed by atoms with Gasteiger partial charge in [-0.15, -0.1) is 24.3 Å². The molecule has 0 aromatic heterocycles. The zero-order chi connectivity index (χ0) is 8.23. The molecular formula is C12H12Ca. The van der Waals surface area contributed by atoms with E-state index in [4.69, 9.17) is 0 Å². The van der Waals surface area contributed by atoms with Gasteiger partial charge in [-0.1, -0.05) is 12.8 Å². The van der Waals surface area contributed by atoms with Gasteiger partial charge in [-0.05, 0) is 0 Å². The Morgan fingerprint density at radius 3 is 1.46 bits per heavy atom. The first-order valence-electron chi connectivity index (χ1n) is 4.35. The minimum absolute atomic E-state index is 0. The summed E-state index contributed by atoms with van der Waals surface area (Å²) in [4.78, 5) is 0.